The molecule has 1 aliphatic heterocycles. The Morgan fingerprint density at radius 2 is 1.62 bits per heavy atom. The Bertz CT molecular complexity index is 1140. The fourth-order valence-electron chi connectivity index (χ4n) is 3.79. The van der Waals surface area contributed by atoms with Crippen LogP contribution in [0.5, 0.6) is 0 Å². The van der Waals surface area contributed by atoms with Crippen LogP contribution in [0.25, 0.3) is 10.9 Å². The van der Waals surface area contributed by atoms with E-state index in [4.69, 9.17) is 0 Å². The molecule has 0 atom stereocenters. The van der Waals surface area contributed by atoms with Gasteiger partial charge in [-0.25, -0.2) is 4.68 Å². The number of benzene rings is 2. The smallest absolute Gasteiger partial charge is 0.277 e. The highest BCUT2D eigenvalue weighted by atomic mass is 16.2. The van der Waals surface area contributed by atoms with Crippen molar-refractivity contribution in [3.05, 3.63) is 65.0 Å². The Morgan fingerprint density at radius 3 is 2.41 bits per heavy atom. The molecule has 2 heterocycles. The molecule has 1 aliphatic rings. The first-order valence-corrected chi connectivity index (χ1v) is 10.8. The summed E-state index contributed by atoms with van der Waals surface area (Å²) in [5.74, 6) is -0.191. The van der Waals surface area contributed by atoms with Crippen LogP contribution in [0.1, 0.15) is 12.8 Å². The maximum Gasteiger partial charge on any atom is 0.277 e. The fourth-order valence-corrected chi connectivity index (χ4v) is 3.79. The SMILES string of the molecule is O=C(CCn1nnc2ccccc2c1=O)NCCC(=O)N1CCN(c2ccccc2)CC1. The monoisotopic (exact) mass is 434 g/mol. The molecule has 0 aliphatic carbocycles. The number of fused-ring (bicyclic) bond motifs is 1. The van der Waals surface area contributed by atoms with Gasteiger partial charge in [0.25, 0.3) is 5.56 Å². The first kappa shape index (κ1) is 21.5. The van der Waals surface area contributed by atoms with Gasteiger partial charge >= 0.3 is 0 Å². The van der Waals surface area contributed by atoms with Crippen molar-refractivity contribution in [1.29, 1.82) is 0 Å². The van der Waals surface area contributed by atoms with E-state index in [1.54, 1.807) is 24.3 Å². The van der Waals surface area contributed by atoms with Crippen molar-refractivity contribution in [2.24, 2.45) is 0 Å². The molecule has 0 unspecified atom stereocenters. The summed E-state index contributed by atoms with van der Waals surface area (Å²) in [6.07, 6.45) is 0.351. The Hall–Kier alpha value is -3.75. The lowest BCUT2D eigenvalue weighted by atomic mass is 10.2. The lowest BCUT2D eigenvalue weighted by Gasteiger charge is -2.36. The van der Waals surface area contributed by atoms with Crippen molar-refractivity contribution in [3.63, 3.8) is 0 Å². The van der Waals surface area contributed by atoms with E-state index in [-0.39, 0.29) is 43.3 Å². The summed E-state index contributed by atoms with van der Waals surface area (Å²) in [6, 6.07) is 17.1. The van der Waals surface area contributed by atoms with Crippen LogP contribution in [0.4, 0.5) is 5.69 Å². The van der Waals surface area contributed by atoms with Gasteiger partial charge in [0.15, 0.2) is 0 Å². The normalized spacial score (nSPS) is 13.9. The number of nitrogens with one attached hydrogen (secondary N) is 1. The molecule has 1 N–H and O–H groups in total. The zero-order valence-electron chi connectivity index (χ0n) is 17.8. The van der Waals surface area contributed by atoms with Gasteiger partial charge in [-0.15, -0.1) is 5.10 Å². The number of para-hydroxylation sites is 1. The van der Waals surface area contributed by atoms with Crippen LogP contribution in [0.15, 0.2) is 59.4 Å². The molecule has 3 aromatic rings. The number of piperazine rings is 1. The summed E-state index contributed by atoms with van der Waals surface area (Å²) in [7, 11) is 0. The second kappa shape index (κ2) is 10.0. The second-order valence-electron chi connectivity index (χ2n) is 7.69. The van der Waals surface area contributed by atoms with E-state index < -0.39 is 0 Å². The molecule has 0 radical (unpaired) electrons. The Balaban J connectivity index is 1.18. The highest BCUT2D eigenvalue weighted by molar-refractivity contribution is 5.79. The first-order chi connectivity index (χ1) is 15.6. The largest absolute Gasteiger partial charge is 0.368 e. The van der Waals surface area contributed by atoms with Crippen molar-refractivity contribution in [2.45, 2.75) is 19.4 Å². The summed E-state index contributed by atoms with van der Waals surface area (Å²) in [5.41, 5.74) is 1.43. The molecule has 1 aromatic heterocycles. The molecule has 1 fully saturated rings. The van der Waals surface area contributed by atoms with E-state index in [1.807, 2.05) is 23.1 Å². The van der Waals surface area contributed by atoms with Gasteiger partial charge in [0, 0.05) is 51.3 Å². The molecule has 9 heteroatoms. The van der Waals surface area contributed by atoms with Gasteiger partial charge in [-0.05, 0) is 24.3 Å². The van der Waals surface area contributed by atoms with Crippen LogP contribution in [-0.2, 0) is 16.1 Å². The average molecular weight is 435 g/mol. The van der Waals surface area contributed by atoms with Crippen molar-refractivity contribution < 1.29 is 9.59 Å². The minimum atomic E-state index is -0.270. The number of aromatic nitrogens is 3. The zero-order valence-corrected chi connectivity index (χ0v) is 17.8. The topological polar surface area (TPSA) is 100 Å². The number of aryl methyl sites for hydroxylation is 1. The van der Waals surface area contributed by atoms with Crippen LogP contribution in [0.3, 0.4) is 0 Å². The predicted octanol–water partition coefficient (Wildman–Crippen LogP) is 1.04. The third kappa shape index (κ3) is 5.11. The molecule has 0 bridgehead atoms. The minimum absolute atomic E-state index is 0.0367. The fraction of sp³-hybridized carbons (Fsp3) is 0.348. The van der Waals surface area contributed by atoms with Crippen molar-refractivity contribution in [1.82, 2.24) is 25.2 Å². The number of carbonyl (C=O) groups excluding carboxylic acids is 2. The highest BCUT2D eigenvalue weighted by Gasteiger charge is 2.21. The summed E-state index contributed by atoms with van der Waals surface area (Å²) in [5, 5.41) is 11.1. The van der Waals surface area contributed by atoms with Crippen molar-refractivity contribution in [3.8, 4) is 0 Å². The highest BCUT2D eigenvalue weighted by Crippen LogP contribution is 2.15. The third-order valence-corrected chi connectivity index (χ3v) is 5.59. The number of hydrogen-bond acceptors (Lipinski definition) is 6. The number of carbonyl (C=O) groups is 2. The molecule has 2 amide bonds. The van der Waals surface area contributed by atoms with E-state index in [1.165, 1.54) is 10.4 Å². The summed E-state index contributed by atoms with van der Waals surface area (Å²) in [6.45, 7) is 3.34. The number of anilines is 1. The van der Waals surface area contributed by atoms with Gasteiger partial charge < -0.3 is 15.1 Å². The standard InChI is InChI=1S/C23H26N6O3/c30-21(11-13-29-23(32)19-8-4-5-9-20(19)25-26-29)24-12-10-22(31)28-16-14-27(15-17-28)18-6-2-1-3-7-18/h1-9H,10-17H2,(H,24,30). The van der Waals surface area contributed by atoms with Gasteiger partial charge in [-0.3, -0.25) is 14.4 Å². The molecule has 4 rings (SSSR count). The van der Waals surface area contributed by atoms with Crippen LogP contribution >= 0.6 is 0 Å². The zero-order chi connectivity index (χ0) is 22.3. The van der Waals surface area contributed by atoms with E-state index in [2.05, 4.69) is 32.7 Å². The van der Waals surface area contributed by atoms with E-state index in [9.17, 15) is 14.4 Å². The lowest BCUT2D eigenvalue weighted by molar-refractivity contribution is -0.131. The van der Waals surface area contributed by atoms with Crippen LogP contribution in [0, 0.1) is 0 Å². The molecular formula is C23H26N6O3. The van der Waals surface area contributed by atoms with Gasteiger partial charge in [-0.1, -0.05) is 35.5 Å². The molecule has 1 saturated heterocycles. The van der Waals surface area contributed by atoms with Crippen molar-refractivity contribution >= 4 is 28.4 Å². The molecule has 0 saturated carbocycles. The molecule has 2 aromatic carbocycles. The van der Waals surface area contributed by atoms with E-state index in [0.717, 1.165) is 13.1 Å². The van der Waals surface area contributed by atoms with Gasteiger partial charge in [0.2, 0.25) is 11.8 Å². The second-order valence-corrected chi connectivity index (χ2v) is 7.69. The number of amides is 2. The number of rotatable bonds is 7. The minimum Gasteiger partial charge on any atom is -0.368 e. The lowest BCUT2D eigenvalue weighted by Crippen LogP contribution is -2.49. The summed E-state index contributed by atoms with van der Waals surface area (Å²) in [4.78, 5) is 41.1. The van der Waals surface area contributed by atoms with Gasteiger partial charge in [0.1, 0.15) is 5.52 Å². The maximum atomic E-state index is 12.5. The molecule has 0 spiro atoms. The summed E-state index contributed by atoms with van der Waals surface area (Å²) < 4.78 is 1.19. The van der Waals surface area contributed by atoms with Crippen LogP contribution in [-0.4, -0.2) is 64.4 Å². The Kier molecular flexibility index (Phi) is 6.74. The summed E-state index contributed by atoms with van der Waals surface area (Å²) >= 11 is 0. The van der Waals surface area contributed by atoms with Crippen molar-refractivity contribution in [2.75, 3.05) is 37.6 Å². The molecule has 32 heavy (non-hydrogen) atoms. The van der Waals surface area contributed by atoms with E-state index in [0.29, 0.717) is 24.0 Å². The average Bonchev–Trinajstić information content (AvgIpc) is 2.84. The Labute approximate surface area is 185 Å². The Morgan fingerprint density at radius 1 is 0.906 bits per heavy atom. The van der Waals surface area contributed by atoms with E-state index >= 15 is 0 Å². The third-order valence-electron chi connectivity index (χ3n) is 5.59. The van der Waals surface area contributed by atoms with Gasteiger partial charge in [0.05, 0.1) is 11.9 Å². The molecule has 166 valence electrons. The van der Waals surface area contributed by atoms with Gasteiger partial charge in [-0.2, -0.15) is 0 Å². The van der Waals surface area contributed by atoms with Crippen LogP contribution in [0.2, 0.25) is 0 Å². The quantitative estimate of drug-likeness (QED) is 0.596. The molecule has 9 nitrogen and oxygen atoms in total. The number of hydrogen-bond donors (Lipinski definition) is 1. The maximum absolute atomic E-state index is 12.5. The van der Waals surface area contributed by atoms with Crippen LogP contribution < -0.4 is 15.8 Å². The first-order valence-electron chi connectivity index (χ1n) is 10.8. The number of nitrogens with zero attached hydrogens (tertiary/aromatic N) is 5. The predicted molar refractivity (Wildman–Crippen MR) is 121 cm³/mol. The molecular weight excluding hydrogens is 408 g/mol.